The predicted molar refractivity (Wildman–Crippen MR) is 63.9 cm³/mol. The molecular weight excluding hydrogens is 220 g/mol. The summed E-state index contributed by atoms with van der Waals surface area (Å²) in [6.45, 7) is 4.68. The molecule has 0 aliphatic heterocycles. The van der Waals surface area contributed by atoms with Gasteiger partial charge in [-0.05, 0) is 19.4 Å². The standard InChI is InChI=1S/C13H18O4/c1-3-16-9-10-17-13(2,12(14)15)11-7-5-4-6-8-11/h4-8H,3,9-10H2,1-2H3,(H,14,15). The van der Waals surface area contributed by atoms with Crippen LogP contribution in [0.1, 0.15) is 19.4 Å². The molecule has 94 valence electrons. The van der Waals surface area contributed by atoms with Gasteiger partial charge in [0, 0.05) is 6.61 Å². The van der Waals surface area contributed by atoms with Crippen molar-refractivity contribution in [2.45, 2.75) is 19.4 Å². The van der Waals surface area contributed by atoms with E-state index in [9.17, 15) is 9.90 Å². The van der Waals surface area contributed by atoms with Crippen molar-refractivity contribution in [3.05, 3.63) is 35.9 Å². The summed E-state index contributed by atoms with van der Waals surface area (Å²) >= 11 is 0. The zero-order valence-corrected chi connectivity index (χ0v) is 10.2. The van der Waals surface area contributed by atoms with E-state index in [0.29, 0.717) is 18.8 Å². The number of ether oxygens (including phenoxy) is 2. The molecule has 1 N–H and O–H groups in total. The Morgan fingerprint density at radius 1 is 1.29 bits per heavy atom. The zero-order valence-electron chi connectivity index (χ0n) is 10.2. The molecule has 0 bridgehead atoms. The maximum Gasteiger partial charge on any atom is 0.340 e. The molecule has 0 aliphatic carbocycles. The number of hydrogen-bond donors (Lipinski definition) is 1. The Hall–Kier alpha value is -1.39. The lowest BCUT2D eigenvalue weighted by Gasteiger charge is -2.25. The highest BCUT2D eigenvalue weighted by Gasteiger charge is 2.36. The van der Waals surface area contributed by atoms with E-state index in [2.05, 4.69) is 0 Å². The zero-order chi connectivity index (χ0) is 12.7. The van der Waals surface area contributed by atoms with Crippen LogP contribution in [0.2, 0.25) is 0 Å². The molecule has 4 heteroatoms. The van der Waals surface area contributed by atoms with E-state index in [4.69, 9.17) is 9.47 Å². The van der Waals surface area contributed by atoms with Crippen LogP contribution in [-0.2, 0) is 19.9 Å². The summed E-state index contributed by atoms with van der Waals surface area (Å²) in [5.74, 6) is -1.000. The molecule has 1 aromatic rings. The normalized spacial score (nSPS) is 14.2. The molecule has 0 saturated heterocycles. The first-order chi connectivity index (χ1) is 8.11. The molecule has 0 fully saturated rings. The van der Waals surface area contributed by atoms with Gasteiger partial charge in [0.05, 0.1) is 13.2 Å². The van der Waals surface area contributed by atoms with E-state index < -0.39 is 11.6 Å². The fourth-order valence-corrected chi connectivity index (χ4v) is 1.47. The summed E-state index contributed by atoms with van der Waals surface area (Å²) in [6.07, 6.45) is 0. The smallest absolute Gasteiger partial charge is 0.340 e. The quantitative estimate of drug-likeness (QED) is 0.738. The average Bonchev–Trinajstić information content (AvgIpc) is 2.35. The first kappa shape index (κ1) is 13.7. The summed E-state index contributed by atoms with van der Waals surface area (Å²) < 4.78 is 10.6. The summed E-state index contributed by atoms with van der Waals surface area (Å²) in [7, 11) is 0. The van der Waals surface area contributed by atoms with E-state index in [0.717, 1.165) is 0 Å². The van der Waals surface area contributed by atoms with Gasteiger partial charge in [-0.3, -0.25) is 0 Å². The van der Waals surface area contributed by atoms with Crippen LogP contribution < -0.4 is 0 Å². The topological polar surface area (TPSA) is 55.8 Å². The van der Waals surface area contributed by atoms with Crippen LogP contribution in [0.15, 0.2) is 30.3 Å². The first-order valence-corrected chi connectivity index (χ1v) is 5.62. The third-order valence-electron chi connectivity index (χ3n) is 2.56. The number of carboxylic acids is 1. The van der Waals surface area contributed by atoms with Gasteiger partial charge in [0.15, 0.2) is 5.60 Å². The molecule has 0 amide bonds. The van der Waals surface area contributed by atoms with Crippen molar-refractivity contribution in [2.24, 2.45) is 0 Å². The fraction of sp³-hybridized carbons (Fsp3) is 0.462. The largest absolute Gasteiger partial charge is 0.479 e. The molecule has 1 aromatic carbocycles. The maximum absolute atomic E-state index is 11.3. The Bertz CT molecular complexity index is 350. The van der Waals surface area contributed by atoms with Crippen molar-refractivity contribution < 1.29 is 19.4 Å². The molecule has 17 heavy (non-hydrogen) atoms. The second kappa shape index (κ2) is 6.37. The van der Waals surface area contributed by atoms with Crippen LogP contribution in [0.25, 0.3) is 0 Å². The summed E-state index contributed by atoms with van der Waals surface area (Å²) in [6, 6.07) is 8.92. The lowest BCUT2D eigenvalue weighted by Crippen LogP contribution is -2.36. The van der Waals surface area contributed by atoms with Crippen LogP contribution in [0.3, 0.4) is 0 Å². The Morgan fingerprint density at radius 3 is 2.47 bits per heavy atom. The lowest BCUT2D eigenvalue weighted by atomic mass is 9.96. The molecule has 0 radical (unpaired) electrons. The van der Waals surface area contributed by atoms with E-state index in [-0.39, 0.29) is 6.61 Å². The van der Waals surface area contributed by atoms with Gasteiger partial charge >= 0.3 is 5.97 Å². The summed E-state index contributed by atoms with van der Waals surface area (Å²) in [5.41, 5.74) is -0.692. The molecule has 0 aromatic heterocycles. The minimum absolute atomic E-state index is 0.255. The highest BCUT2D eigenvalue weighted by Crippen LogP contribution is 2.25. The number of benzene rings is 1. The van der Waals surface area contributed by atoms with Crippen molar-refractivity contribution >= 4 is 5.97 Å². The average molecular weight is 238 g/mol. The molecule has 0 saturated carbocycles. The van der Waals surface area contributed by atoms with Crippen molar-refractivity contribution in [2.75, 3.05) is 19.8 Å². The van der Waals surface area contributed by atoms with E-state index in [1.807, 2.05) is 13.0 Å². The Labute approximate surface area is 101 Å². The highest BCUT2D eigenvalue weighted by atomic mass is 16.6. The van der Waals surface area contributed by atoms with Gasteiger partial charge in [-0.2, -0.15) is 0 Å². The summed E-state index contributed by atoms with van der Waals surface area (Å²) in [5, 5.41) is 9.28. The van der Waals surface area contributed by atoms with Crippen LogP contribution in [0.4, 0.5) is 0 Å². The minimum atomic E-state index is -1.32. The summed E-state index contributed by atoms with van der Waals surface area (Å²) in [4.78, 5) is 11.3. The van der Waals surface area contributed by atoms with Crippen LogP contribution in [0, 0.1) is 0 Å². The molecular formula is C13H18O4. The number of rotatable bonds is 7. The Balaban J connectivity index is 2.73. The van der Waals surface area contributed by atoms with Gasteiger partial charge in [0.2, 0.25) is 0 Å². The second-order valence-electron chi connectivity index (χ2n) is 3.75. The number of carbonyl (C=O) groups is 1. The van der Waals surface area contributed by atoms with Gasteiger partial charge in [0.1, 0.15) is 0 Å². The second-order valence-corrected chi connectivity index (χ2v) is 3.75. The number of carboxylic acid groups (broad SMARTS) is 1. The van der Waals surface area contributed by atoms with Crippen molar-refractivity contribution in [1.29, 1.82) is 0 Å². The van der Waals surface area contributed by atoms with Gasteiger partial charge in [-0.15, -0.1) is 0 Å². The maximum atomic E-state index is 11.3. The molecule has 1 atom stereocenters. The van der Waals surface area contributed by atoms with E-state index in [1.54, 1.807) is 31.2 Å². The van der Waals surface area contributed by atoms with Crippen molar-refractivity contribution in [1.82, 2.24) is 0 Å². The van der Waals surface area contributed by atoms with Crippen molar-refractivity contribution in [3.8, 4) is 0 Å². The number of aliphatic carboxylic acids is 1. The number of hydrogen-bond acceptors (Lipinski definition) is 3. The third-order valence-corrected chi connectivity index (χ3v) is 2.56. The molecule has 0 spiro atoms. The van der Waals surface area contributed by atoms with Crippen LogP contribution in [0.5, 0.6) is 0 Å². The molecule has 0 heterocycles. The highest BCUT2D eigenvalue weighted by molar-refractivity contribution is 5.78. The van der Waals surface area contributed by atoms with Gasteiger partial charge in [0.25, 0.3) is 0 Å². The van der Waals surface area contributed by atoms with Crippen LogP contribution in [-0.4, -0.2) is 30.9 Å². The monoisotopic (exact) mass is 238 g/mol. The van der Waals surface area contributed by atoms with Gasteiger partial charge in [-0.25, -0.2) is 4.79 Å². The lowest BCUT2D eigenvalue weighted by molar-refractivity contribution is -0.167. The molecule has 0 aliphatic rings. The molecule has 1 unspecified atom stereocenters. The Morgan fingerprint density at radius 2 is 1.94 bits per heavy atom. The van der Waals surface area contributed by atoms with Crippen LogP contribution >= 0.6 is 0 Å². The first-order valence-electron chi connectivity index (χ1n) is 5.62. The molecule has 4 nitrogen and oxygen atoms in total. The minimum Gasteiger partial charge on any atom is -0.479 e. The molecule has 1 rings (SSSR count). The predicted octanol–water partition coefficient (Wildman–Crippen LogP) is 2.04. The van der Waals surface area contributed by atoms with Gasteiger partial charge < -0.3 is 14.6 Å². The Kier molecular flexibility index (Phi) is 5.12. The van der Waals surface area contributed by atoms with Crippen molar-refractivity contribution in [3.63, 3.8) is 0 Å². The SMILES string of the molecule is CCOCCOC(C)(C(=O)O)c1ccccc1. The van der Waals surface area contributed by atoms with E-state index in [1.165, 1.54) is 0 Å². The van der Waals surface area contributed by atoms with E-state index >= 15 is 0 Å². The fourth-order valence-electron chi connectivity index (χ4n) is 1.47. The third kappa shape index (κ3) is 3.54. The van der Waals surface area contributed by atoms with Gasteiger partial charge in [-0.1, -0.05) is 30.3 Å².